The number of hydrogen-bond acceptors (Lipinski definition) is 0. The first kappa shape index (κ1) is 33.3. The summed E-state index contributed by atoms with van der Waals surface area (Å²) in [6, 6.07) is 24.1. The molecule has 0 aromatic heterocycles. The van der Waals surface area contributed by atoms with Crippen LogP contribution < -0.4 is 10.4 Å². The second-order valence-electron chi connectivity index (χ2n) is 17.6. The highest BCUT2D eigenvalue weighted by Gasteiger charge is 2.64. The minimum Gasteiger partial charge on any atom is -0.103 e. The molecule has 0 nitrogen and oxygen atoms in total. The van der Waals surface area contributed by atoms with Gasteiger partial charge >= 0.3 is 0 Å². The minimum atomic E-state index is -2.54. The summed E-state index contributed by atoms with van der Waals surface area (Å²) < 4.78 is 0. The second-order valence-corrected chi connectivity index (χ2v) is 21.9. The first-order chi connectivity index (χ1) is 23.0. The van der Waals surface area contributed by atoms with Crippen LogP contribution in [-0.2, 0) is 0 Å². The van der Waals surface area contributed by atoms with Crippen LogP contribution in [0.3, 0.4) is 0 Å². The van der Waals surface area contributed by atoms with Gasteiger partial charge in [-0.15, -0.1) is 6.58 Å². The van der Waals surface area contributed by atoms with E-state index in [0.717, 1.165) is 6.42 Å². The zero-order valence-corrected chi connectivity index (χ0v) is 31.4. The summed E-state index contributed by atoms with van der Waals surface area (Å²) in [5.74, 6) is 3.98. The third-order valence-corrected chi connectivity index (χ3v) is 19.2. The average molecular weight is 651 g/mol. The number of hydrogen-bond donors (Lipinski definition) is 0. The molecule has 1 heteroatoms. The number of unbranched alkanes of at least 4 members (excludes halogenated alkanes) is 1. The Morgan fingerprint density at radius 1 is 0.646 bits per heavy atom. The molecule has 8 atom stereocenters. The molecule has 0 bridgehead atoms. The van der Waals surface area contributed by atoms with Crippen LogP contribution in [0.25, 0.3) is 0 Å². The van der Waals surface area contributed by atoms with Crippen molar-refractivity contribution in [1.29, 1.82) is 0 Å². The zero-order chi connectivity index (χ0) is 33.7. The molecular formula is C47H58Si. The van der Waals surface area contributed by atoms with Crippen molar-refractivity contribution >= 4 is 18.4 Å². The Labute approximate surface area is 293 Å². The number of benzene rings is 2. The normalized spacial score (nSPS) is 32.3. The lowest BCUT2D eigenvalue weighted by Gasteiger charge is -2.50. The molecule has 0 aliphatic heterocycles. The van der Waals surface area contributed by atoms with Crippen molar-refractivity contribution in [2.75, 3.05) is 0 Å². The summed E-state index contributed by atoms with van der Waals surface area (Å²) in [5, 5.41) is 3.30. The van der Waals surface area contributed by atoms with Crippen LogP contribution in [-0.4, -0.2) is 8.07 Å². The minimum absolute atomic E-state index is 0.122. The van der Waals surface area contributed by atoms with Crippen LogP contribution in [0.1, 0.15) is 67.2 Å². The highest BCUT2D eigenvalue weighted by molar-refractivity contribution is 7.04. The Morgan fingerprint density at radius 3 is 1.62 bits per heavy atom. The molecule has 0 spiro atoms. The lowest BCUT2D eigenvalue weighted by molar-refractivity contribution is 0.385. The summed E-state index contributed by atoms with van der Waals surface area (Å²) in [5.41, 5.74) is 4.47. The van der Waals surface area contributed by atoms with Gasteiger partial charge in [0.25, 0.3) is 0 Å². The van der Waals surface area contributed by atoms with E-state index in [0.29, 0.717) is 52.5 Å². The second kappa shape index (κ2) is 12.9. The molecule has 2 aromatic carbocycles. The van der Waals surface area contributed by atoms with Crippen LogP contribution in [0.4, 0.5) is 0 Å². The van der Waals surface area contributed by atoms with Crippen molar-refractivity contribution in [2.24, 2.45) is 52.3 Å². The van der Waals surface area contributed by atoms with E-state index in [2.05, 4.69) is 176 Å². The van der Waals surface area contributed by atoms with Crippen LogP contribution in [0, 0.1) is 52.3 Å². The molecule has 0 N–H and O–H groups in total. The summed E-state index contributed by atoms with van der Waals surface area (Å²) in [4.78, 5) is 0. The van der Waals surface area contributed by atoms with Gasteiger partial charge < -0.3 is 0 Å². The van der Waals surface area contributed by atoms with E-state index in [1.54, 1.807) is 10.4 Å². The van der Waals surface area contributed by atoms with Crippen molar-refractivity contribution in [1.82, 2.24) is 0 Å². The van der Waals surface area contributed by atoms with Crippen molar-refractivity contribution < 1.29 is 0 Å². The maximum Gasteiger partial charge on any atom is 0.125 e. The Hall–Kier alpha value is -3.16. The number of allylic oxidation sites excluding steroid dienone is 13. The summed E-state index contributed by atoms with van der Waals surface area (Å²) in [6.07, 6.45) is 33.0. The first-order valence-electron chi connectivity index (χ1n) is 18.9. The third kappa shape index (κ3) is 5.69. The van der Waals surface area contributed by atoms with Crippen molar-refractivity contribution in [3.8, 4) is 0 Å². The number of rotatable bonds is 8. The van der Waals surface area contributed by atoms with E-state index >= 15 is 0 Å². The van der Waals surface area contributed by atoms with E-state index in [4.69, 9.17) is 0 Å². The standard InChI is InChI=1S/C47H58Si/c1-8-9-12-19-33-30-44(41-25-18-17-24-38(33)41)48(36-20-13-10-14-21-36,37-22-15-11-16-23-37)45-42-31-34(46(2,3)4)26-28-39(42)40-29-27-35(32-43(40)45)47(5,6)7/h8,10-11,13-18,20-29,31-33,38-45H,1,9,12,19,30H2,2-7H3. The molecule has 2 fully saturated rings. The molecule has 48 heavy (non-hydrogen) atoms. The molecule has 250 valence electrons. The van der Waals surface area contributed by atoms with Gasteiger partial charge in [0.05, 0.1) is 0 Å². The van der Waals surface area contributed by atoms with E-state index < -0.39 is 8.07 Å². The molecule has 7 rings (SSSR count). The summed E-state index contributed by atoms with van der Waals surface area (Å²) >= 11 is 0. The maximum atomic E-state index is 4.08. The summed E-state index contributed by atoms with van der Waals surface area (Å²) in [7, 11) is -2.54. The molecule has 0 radical (unpaired) electrons. The van der Waals surface area contributed by atoms with Crippen LogP contribution in [0.5, 0.6) is 0 Å². The SMILES string of the molecule is C=CCCCC1CC([Si](c2ccccc2)(c2ccccc2)C2C3C=C(C(C)(C)C)C=CC3C3C=CC(C(C)(C)C)=CC32)C2C=CC=CC12. The molecule has 8 unspecified atom stereocenters. The maximum absolute atomic E-state index is 4.08. The molecule has 5 aliphatic rings. The molecule has 0 heterocycles. The Kier molecular flexibility index (Phi) is 8.99. The van der Waals surface area contributed by atoms with Gasteiger partial charge in [0.15, 0.2) is 0 Å². The van der Waals surface area contributed by atoms with Crippen molar-refractivity contribution in [2.45, 2.75) is 78.3 Å². The quantitative estimate of drug-likeness (QED) is 0.151. The van der Waals surface area contributed by atoms with Gasteiger partial charge in [-0.25, -0.2) is 0 Å². The monoisotopic (exact) mass is 650 g/mol. The fraction of sp³-hybridized carbons (Fsp3) is 0.447. The van der Waals surface area contributed by atoms with Crippen LogP contribution in [0.15, 0.2) is 145 Å². The van der Waals surface area contributed by atoms with E-state index in [-0.39, 0.29) is 10.8 Å². The molecule has 0 saturated heterocycles. The van der Waals surface area contributed by atoms with E-state index in [1.807, 2.05) is 0 Å². The summed E-state index contributed by atoms with van der Waals surface area (Å²) in [6.45, 7) is 18.5. The lowest BCUT2D eigenvalue weighted by atomic mass is 9.74. The van der Waals surface area contributed by atoms with Gasteiger partial charge in [-0.2, -0.15) is 0 Å². The third-order valence-electron chi connectivity index (χ3n) is 13.0. The molecule has 2 saturated carbocycles. The fourth-order valence-electron chi connectivity index (χ4n) is 10.9. The van der Waals surface area contributed by atoms with Gasteiger partial charge in [-0.3, -0.25) is 0 Å². The van der Waals surface area contributed by atoms with E-state index in [9.17, 15) is 0 Å². The van der Waals surface area contributed by atoms with Crippen molar-refractivity contribution in [3.63, 3.8) is 0 Å². The number of fused-ring (bicyclic) bond motifs is 4. The van der Waals surface area contributed by atoms with Gasteiger partial charge in [0.2, 0.25) is 0 Å². The zero-order valence-electron chi connectivity index (χ0n) is 30.4. The molecule has 0 amide bonds. The highest BCUT2D eigenvalue weighted by atomic mass is 28.3. The first-order valence-corrected chi connectivity index (χ1v) is 21.1. The largest absolute Gasteiger partial charge is 0.125 e. The van der Waals surface area contributed by atoms with Gasteiger partial charge in [0.1, 0.15) is 8.07 Å². The fourth-order valence-corrected chi connectivity index (χ4v) is 18.3. The van der Waals surface area contributed by atoms with Gasteiger partial charge in [0, 0.05) is 0 Å². The average Bonchev–Trinajstić information content (AvgIpc) is 3.61. The predicted molar refractivity (Wildman–Crippen MR) is 210 cm³/mol. The van der Waals surface area contributed by atoms with Crippen LogP contribution >= 0.6 is 0 Å². The lowest BCUT2D eigenvalue weighted by Crippen LogP contribution is -2.67. The Bertz CT molecular complexity index is 1560. The highest BCUT2D eigenvalue weighted by Crippen LogP contribution is 2.65. The van der Waals surface area contributed by atoms with Crippen molar-refractivity contribution in [3.05, 3.63) is 145 Å². The van der Waals surface area contributed by atoms with Crippen LogP contribution in [0.2, 0.25) is 11.1 Å². The molecular weight excluding hydrogens is 593 g/mol. The smallest absolute Gasteiger partial charge is 0.103 e. The van der Waals surface area contributed by atoms with Gasteiger partial charge in [-0.1, -0.05) is 179 Å². The van der Waals surface area contributed by atoms with E-state index in [1.165, 1.54) is 30.4 Å². The topological polar surface area (TPSA) is 0 Å². The Balaban J connectivity index is 1.52. The Morgan fingerprint density at radius 2 is 1.15 bits per heavy atom. The molecule has 2 aromatic rings. The van der Waals surface area contributed by atoms with Gasteiger partial charge in [-0.05, 0) is 100 Å². The predicted octanol–water partition coefficient (Wildman–Crippen LogP) is 11.3. The molecule has 5 aliphatic carbocycles.